The summed E-state index contributed by atoms with van der Waals surface area (Å²) in [5.74, 6) is 0.167. The average Bonchev–Trinajstić information content (AvgIpc) is 2.36. The van der Waals surface area contributed by atoms with E-state index in [1.165, 1.54) is 13.2 Å². The van der Waals surface area contributed by atoms with Crippen LogP contribution in [0.2, 0.25) is 0 Å². The Balaban J connectivity index is 2.90. The summed E-state index contributed by atoms with van der Waals surface area (Å²) in [6.45, 7) is 2.06. The molecule has 0 spiro atoms. The molecule has 0 aliphatic carbocycles. The van der Waals surface area contributed by atoms with E-state index in [2.05, 4.69) is 0 Å². The fraction of sp³-hybridized carbons (Fsp3) is 0.231. The topological polar surface area (TPSA) is 52.6 Å². The molecular formula is C13H14O4. The SMILES string of the molecule is CCOC(=O)/C=C/c1ccc(OC)cc1C=O. The highest BCUT2D eigenvalue weighted by Gasteiger charge is 2.02. The molecule has 0 unspecified atom stereocenters. The summed E-state index contributed by atoms with van der Waals surface area (Å²) in [7, 11) is 1.53. The van der Waals surface area contributed by atoms with Crippen LogP contribution >= 0.6 is 0 Å². The third-order valence-electron chi connectivity index (χ3n) is 2.11. The van der Waals surface area contributed by atoms with Gasteiger partial charge in [0.15, 0.2) is 6.29 Å². The minimum Gasteiger partial charge on any atom is -0.497 e. The van der Waals surface area contributed by atoms with Crippen LogP contribution in [-0.2, 0) is 9.53 Å². The van der Waals surface area contributed by atoms with Crippen LogP contribution in [0.1, 0.15) is 22.8 Å². The van der Waals surface area contributed by atoms with E-state index in [-0.39, 0.29) is 0 Å². The van der Waals surface area contributed by atoms with Crippen LogP contribution in [-0.4, -0.2) is 26.0 Å². The Labute approximate surface area is 99.8 Å². The van der Waals surface area contributed by atoms with Crippen molar-refractivity contribution in [3.63, 3.8) is 0 Å². The lowest BCUT2D eigenvalue weighted by atomic mass is 10.1. The molecule has 0 radical (unpaired) electrons. The lowest BCUT2D eigenvalue weighted by Crippen LogP contribution is -1.99. The Kier molecular flexibility index (Phi) is 4.94. The molecule has 0 aliphatic rings. The molecule has 0 N–H and O–H groups in total. The summed E-state index contributed by atoms with van der Waals surface area (Å²) in [4.78, 5) is 22.0. The maximum absolute atomic E-state index is 11.1. The second kappa shape index (κ2) is 6.48. The highest BCUT2D eigenvalue weighted by Crippen LogP contribution is 2.17. The number of hydrogen-bond acceptors (Lipinski definition) is 4. The van der Waals surface area contributed by atoms with Crippen LogP contribution < -0.4 is 4.74 Å². The van der Waals surface area contributed by atoms with E-state index >= 15 is 0 Å². The molecule has 0 bridgehead atoms. The monoisotopic (exact) mass is 234 g/mol. The summed E-state index contributed by atoms with van der Waals surface area (Å²) < 4.78 is 9.74. The molecule has 0 atom stereocenters. The number of benzene rings is 1. The Morgan fingerprint density at radius 3 is 2.71 bits per heavy atom. The third-order valence-corrected chi connectivity index (χ3v) is 2.11. The van der Waals surface area contributed by atoms with Gasteiger partial charge in [0.25, 0.3) is 0 Å². The van der Waals surface area contributed by atoms with Crippen molar-refractivity contribution >= 4 is 18.3 Å². The Hall–Kier alpha value is -2.10. The highest BCUT2D eigenvalue weighted by molar-refractivity contribution is 5.90. The lowest BCUT2D eigenvalue weighted by Gasteiger charge is -2.03. The smallest absolute Gasteiger partial charge is 0.330 e. The fourth-order valence-electron chi connectivity index (χ4n) is 1.28. The van der Waals surface area contributed by atoms with Crippen molar-refractivity contribution in [1.29, 1.82) is 0 Å². The molecule has 0 saturated heterocycles. The van der Waals surface area contributed by atoms with Crippen molar-refractivity contribution in [3.8, 4) is 5.75 Å². The van der Waals surface area contributed by atoms with Crippen LogP contribution in [0.4, 0.5) is 0 Å². The minimum absolute atomic E-state index is 0.326. The van der Waals surface area contributed by atoms with Crippen molar-refractivity contribution in [2.75, 3.05) is 13.7 Å². The molecule has 0 fully saturated rings. The van der Waals surface area contributed by atoms with E-state index in [0.29, 0.717) is 29.8 Å². The molecule has 0 aromatic heterocycles. The van der Waals surface area contributed by atoms with E-state index in [1.54, 1.807) is 31.2 Å². The first-order valence-corrected chi connectivity index (χ1v) is 5.19. The van der Waals surface area contributed by atoms with Crippen LogP contribution in [0.15, 0.2) is 24.3 Å². The predicted molar refractivity (Wildman–Crippen MR) is 64.0 cm³/mol. The summed E-state index contributed by atoms with van der Waals surface area (Å²) >= 11 is 0. The number of hydrogen-bond donors (Lipinski definition) is 0. The van der Waals surface area contributed by atoms with E-state index in [0.717, 1.165) is 0 Å². The van der Waals surface area contributed by atoms with Gasteiger partial charge in [-0.3, -0.25) is 4.79 Å². The lowest BCUT2D eigenvalue weighted by molar-refractivity contribution is -0.137. The van der Waals surface area contributed by atoms with Crippen molar-refractivity contribution in [2.45, 2.75) is 6.92 Å². The second-order valence-electron chi connectivity index (χ2n) is 3.20. The van der Waals surface area contributed by atoms with Crippen LogP contribution in [0.5, 0.6) is 5.75 Å². The Morgan fingerprint density at radius 1 is 1.35 bits per heavy atom. The van der Waals surface area contributed by atoms with Gasteiger partial charge in [-0.1, -0.05) is 6.07 Å². The van der Waals surface area contributed by atoms with Gasteiger partial charge in [-0.15, -0.1) is 0 Å². The number of carbonyl (C=O) groups is 2. The highest BCUT2D eigenvalue weighted by atomic mass is 16.5. The van der Waals surface area contributed by atoms with E-state index in [9.17, 15) is 9.59 Å². The number of methoxy groups -OCH3 is 1. The van der Waals surface area contributed by atoms with Gasteiger partial charge in [0, 0.05) is 11.6 Å². The van der Waals surface area contributed by atoms with E-state index in [1.807, 2.05) is 0 Å². The standard InChI is InChI=1S/C13H14O4/c1-3-17-13(15)7-5-10-4-6-12(16-2)8-11(10)9-14/h4-9H,3H2,1-2H3/b7-5+. The van der Waals surface area contributed by atoms with Gasteiger partial charge < -0.3 is 9.47 Å². The molecule has 90 valence electrons. The maximum atomic E-state index is 11.1. The summed E-state index contributed by atoms with van der Waals surface area (Å²) in [5, 5.41) is 0. The third kappa shape index (κ3) is 3.75. The van der Waals surface area contributed by atoms with Gasteiger partial charge in [-0.05, 0) is 30.7 Å². The number of aldehydes is 1. The Morgan fingerprint density at radius 2 is 2.12 bits per heavy atom. The quantitative estimate of drug-likeness (QED) is 0.444. The van der Waals surface area contributed by atoms with Gasteiger partial charge in [0.2, 0.25) is 0 Å². The van der Waals surface area contributed by atoms with Crippen molar-refractivity contribution in [2.24, 2.45) is 0 Å². The van der Waals surface area contributed by atoms with Crippen molar-refractivity contribution < 1.29 is 19.1 Å². The number of esters is 1. The normalized spacial score (nSPS) is 10.2. The first kappa shape index (κ1) is 13.0. The van der Waals surface area contributed by atoms with Crippen LogP contribution in [0.25, 0.3) is 6.08 Å². The largest absolute Gasteiger partial charge is 0.497 e. The molecule has 0 heterocycles. The van der Waals surface area contributed by atoms with Gasteiger partial charge in [-0.2, -0.15) is 0 Å². The van der Waals surface area contributed by atoms with Gasteiger partial charge >= 0.3 is 5.97 Å². The summed E-state index contributed by atoms with van der Waals surface area (Å²) in [5.41, 5.74) is 1.11. The second-order valence-corrected chi connectivity index (χ2v) is 3.20. The molecular weight excluding hydrogens is 220 g/mol. The van der Waals surface area contributed by atoms with E-state index in [4.69, 9.17) is 9.47 Å². The predicted octanol–water partition coefficient (Wildman–Crippen LogP) is 2.08. The summed E-state index contributed by atoms with van der Waals surface area (Å²) in [6, 6.07) is 5.04. The number of carbonyl (C=O) groups excluding carboxylic acids is 2. The zero-order valence-corrected chi connectivity index (χ0v) is 9.80. The number of rotatable bonds is 5. The Bertz CT molecular complexity index is 435. The van der Waals surface area contributed by atoms with Crippen LogP contribution in [0, 0.1) is 0 Å². The molecule has 1 aromatic carbocycles. The molecule has 17 heavy (non-hydrogen) atoms. The first-order valence-electron chi connectivity index (χ1n) is 5.19. The maximum Gasteiger partial charge on any atom is 0.330 e. The zero-order valence-electron chi connectivity index (χ0n) is 9.80. The molecule has 0 saturated carbocycles. The molecule has 0 amide bonds. The number of ether oxygens (including phenoxy) is 2. The molecule has 1 aromatic rings. The van der Waals surface area contributed by atoms with Crippen LogP contribution in [0.3, 0.4) is 0 Å². The van der Waals surface area contributed by atoms with Gasteiger partial charge in [-0.25, -0.2) is 4.79 Å². The van der Waals surface area contributed by atoms with Gasteiger partial charge in [0.05, 0.1) is 13.7 Å². The van der Waals surface area contributed by atoms with Crippen molar-refractivity contribution in [1.82, 2.24) is 0 Å². The zero-order chi connectivity index (χ0) is 12.7. The fourth-order valence-corrected chi connectivity index (χ4v) is 1.28. The van der Waals surface area contributed by atoms with E-state index < -0.39 is 5.97 Å². The first-order chi connectivity index (χ1) is 8.21. The molecule has 4 nitrogen and oxygen atoms in total. The summed E-state index contributed by atoms with van der Waals surface area (Å²) in [6.07, 6.45) is 3.55. The molecule has 0 aliphatic heterocycles. The average molecular weight is 234 g/mol. The molecule has 4 heteroatoms. The van der Waals surface area contributed by atoms with Crippen molar-refractivity contribution in [3.05, 3.63) is 35.4 Å². The molecule has 1 rings (SSSR count). The minimum atomic E-state index is -0.430. The van der Waals surface area contributed by atoms with Gasteiger partial charge in [0.1, 0.15) is 5.75 Å².